The van der Waals surface area contributed by atoms with Crippen LogP contribution in [0.25, 0.3) is 10.8 Å². The third kappa shape index (κ3) is 3.90. The van der Waals surface area contributed by atoms with Gasteiger partial charge in [0.1, 0.15) is 0 Å². The topological polar surface area (TPSA) is 74.7 Å². The first-order chi connectivity index (χ1) is 10.3. The van der Waals surface area contributed by atoms with Crippen LogP contribution >= 0.6 is 11.6 Å². The fraction of sp³-hybridized carbons (Fsp3) is 0.267. The second-order valence-corrected chi connectivity index (χ2v) is 7.58. The van der Waals surface area contributed by atoms with Gasteiger partial charge in [-0.15, -0.1) is 0 Å². The molecule has 2 aromatic carbocycles. The first-order valence-corrected chi connectivity index (χ1v) is 8.69. The summed E-state index contributed by atoms with van der Waals surface area (Å²) in [4.78, 5) is 12.0. The van der Waals surface area contributed by atoms with Crippen LogP contribution in [0.2, 0.25) is 5.02 Å². The van der Waals surface area contributed by atoms with Crippen molar-refractivity contribution in [1.29, 1.82) is 0 Å². The Morgan fingerprint density at radius 2 is 1.82 bits per heavy atom. The molecule has 1 amide bonds. The molecule has 0 heterocycles. The molecule has 0 saturated carbocycles. The van der Waals surface area contributed by atoms with Crippen LogP contribution in [-0.2, 0) is 9.84 Å². The standard InChI is InChI=1S/C15H16ClNO4S/c1-17(15(18)19)7-2-8-22(20,21)14-6-4-11-9-13(16)5-3-12(11)10-14/h3-6,9-10H,2,7-8H2,1H3,(H,18,19). The average molecular weight is 342 g/mol. The Morgan fingerprint density at radius 3 is 2.50 bits per heavy atom. The van der Waals surface area contributed by atoms with Gasteiger partial charge in [0.25, 0.3) is 0 Å². The second-order valence-electron chi connectivity index (χ2n) is 5.03. The highest BCUT2D eigenvalue weighted by Crippen LogP contribution is 2.23. The number of carboxylic acid groups (broad SMARTS) is 1. The van der Waals surface area contributed by atoms with E-state index in [1.807, 2.05) is 0 Å². The van der Waals surface area contributed by atoms with Crippen LogP contribution in [0.15, 0.2) is 41.3 Å². The maximum Gasteiger partial charge on any atom is 0.407 e. The highest BCUT2D eigenvalue weighted by atomic mass is 35.5. The molecule has 0 fully saturated rings. The molecule has 0 atom stereocenters. The smallest absolute Gasteiger partial charge is 0.407 e. The zero-order valence-corrected chi connectivity index (χ0v) is 13.6. The summed E-state index contributed by atoms with van der Waals surface area (Å²) >= 11 is 5.90. The van der Waals surface area contributed by atoms with E-state index < -0.39 is 15.9 Å². The van der Waals surface area contributed by atoms with Crippen LogP contribution in [0, 0.1) is 0 Å². The Labute approximate surface area is 134 Å². The normalized spacial score (nSPS) is 11.5. The molecular formula is C15H16ClNO4S. The number of fused-ring (bicyclic) bond motifs is 1. The second kappa shape index (κ2) is 6.54. The molecule has 0 radical (unpaired) electrons. The minimum atomic E-state index is -3.44. The first-order valence-electron chi connectivity index (χ1n) is 6.66. The Hall–Kier alpha value is -1.79. The molecule has 0 aromatic heterocycles. The molecule has 2 aromatic rings. The van der Waals surface area contributed by atoms with Gasteiger partial charge < -0.3 is 10.0 Å². The third-order valence-corrected chi connectivity index (χ3v) is 5.40. The molecule has 0 bridgehead atoms. The molecule has 2 rings (SSSR count). The summed E-state index contributed by atoms with van der Waals surface area (Å²) < 4.78 is 24.6. The van der Waals surface area contributed by atoms with E-state index in [1.165, 1.54) is 7.05 Å². The van der Waals surface area contributed by atoms with Gasteiger partial charge >= 0.3 is 6.09 Å². The van der Waals surface area contributed by atoms with Crippen molar-refractivity contribution in [3.05, 3.63) is 41.4 Å². The van der Waals surface area contributed by atoms with Crippen LogP contribution < -0.4 is 0 Å². The fourth-order valence-corrected chi connectivity index (χ4v) is 3.60. The summed E-state index contributed by atoms with van der Waals surface area (Å²) in [6, 6.07) is 10.1. The number of benzene rings is 2. The largest absolute Gasteiger partial charge is 0.465 e. The van der Waals surface area contributed by atoms with Gasteiger partial charge in [-0.25, -0.2) is 13.2 Å². The highest BCUT2D eigenvalue weighted by molar-refractivity contribution is 7.91. The van der Waals surface area contributed by atoms with Crippen molar-refractivity contribution >= 4 is 38.3 Å². The van der Waals surface area contributed by atoms with Gasteiger partial charge in [0.05, 0.1) is 10.6 Å². The molecule has 0 aliphatic heterocycles. The number of hydrogen-bond acceptors (Lipinski definition) is 3. The zero-order valence-electron chi connectivity index (χ0n) is 12.0. The lowest BCUT2D eigenvalue weighted by molar-refractivity contribution is 0.156. The minimum Gasteiger partial charge on any atom is -0.465 e. The van der Waals surface area contributed by atoms with Crippen LogP contribution in [0.4, 0.5) is 4.79 Å². The van der Waals surface area contributed by atoms with E-state index in [-0.39, 0.29) is 23.6 Å². The van der Waals surface area contributed by atoms with Gasteiger partial charge in [0.15, 0.2) is 9.84 Å². The van der Waals surface area contributed by atoms with E-state index in [2.05, 4.69) is 0 Å². The van der Waals surface area contributed by atoms with Gasteiger partial charge in [0.2, 0.25) is 0 Å². The molecule has 118 valence electrons. The number of rotatable bonds is 5. The van der Waals surface area contributed by atoms with E-state index in [0.717, 1.165) is 15.7 Å². The Kier molecular flexibility index (Phi) is 4.93. The van der Waals surface area contributed by atoms with Gasteiger partial charge in [-0.1, -0.05) is 23.7 Å². The molecule has 5 nitrogen and oxygen atoms in total. The predicted octanol–water partition coefficient (Wildman–Crippen LogP) is 3.27. The summed E-state index contributed by atoms with van der Waals surface area (Å²) in [5.41, 5.74) is 0. The van der Waals surface area contributed by atoms with Crippen LogP contribution in [0.3, 0.4) is 0 Å². The van der Waals surface area contributed by atoms with Gasteiger partial charge in [-0.2, -0.15) is 0 Å². The lowest BCUT2D eigenvalue weighted by atomic mass is 10.1. The Balaban J connectivity index is 2.15. The van der Waals surface area contributed by atoms with Crippen molar-refractivity contribution in [2.24, 2.45) is 0 Å². The number of sulfone groups is 1. The van der Waals surface area contributed by atoms with Gasteiger partial charge in [-0.3, -0.25) is 0 Å². The maximum atomic E-state index is 12.3. The predicted molar refractivity (Wildman–Crippen MR) is 86.3 cm³/mol. The molecule has 1 N–H and O–H groups in total. The van der Waals surface area contributed by atoms with E-state index in [9.17, 15) is 13.2 Å². The maximum absolute atomic E-state index is 12.3. The molecule has 22 heavy (non-hydrogen) atoms. The van der Waals surface area contributed by atoms with Crippen molar-refractivity contribution in [1.82, 2.24) is 4.90 Å². The molecule has 0 unspecified atom stereocenters. The van der Waals surface area contributed by atoms with Gasteiger partial charge in [0, 0.05) is 18.6 Å². The SMILES string of the molecule is CN(CCCS(=O)(=O)c1ccc2cc(Cl)ccc2c1)C(=O)O. The number of halogens is 1. The molecule has 0 spiro atoms. The number of hydrogen-bond donors (Lipinski definition) is 1. The van der Waals surface area contributed by atoms with Crippen molar-refractivity contribution in [2.75, 3.05) is 19.3 Å². The Bertz CT molecular complexity index is 804. The van der Waals surface area contributed by atoms with Crippen molar-refractivity contribution in [3.63, 3.8) is 0 Å². The molecular weight excluding hydrogens is 326 g/mol. The average Bonchev–Trinajstić information content (AvgIpc) is 2.46. The number of carbonyl (C=O) groups is 1. The molecule has 7 heteroatoms. The summed E-state index contributed by atoms with van der Waals surface area (Å²) in [5, 5.41) is 11.0. The van der Waals surface area contributed by atoms with Crippen LogP contribution in [0.1, 0.15) is 6.42 Å². The van der Waals surface area contributed by atoms with Gasteiger partial charge in [-0.05, 0) is 41.5 Å². The third-order valence-electron chi connectivity index (χ3n) is 3.37. The summed E-state index contributed by atoms with van der Waals surface area (Å²) in [5.74, 6) is -0.0935. The lowest BCUT2D eigenvalue weighted by Crippen LogP contribution is -2.27. The molecule has 0 aliphatic carbocycles. The summed E-state index contributed by atoms with van der Waals surface area (Å²) in [6.07, 6.45) is -0.816. The quantitative estimate of drug-likeness (QED) is 0.905. The number of nitrogens with zero attached hydrogens (tertiary/aromatic N) is 1. The van der Waals surface area contributed by atoms with Crippen molar-refractivity contribution in [3.8, 4) is 0 Å². The molecule has 0 saturated heterocycles. The van der Waals surface area contributed by atoms with Crippen molar-refractivity contribution < 1.29 is 18.3 Å². The Morgan fingerprint density at radius 1 is 1.18 bits per heavy atom. The first kappa shape index (κ1) is 16.6. The number of amides is 1. The van der Waals surface area contributed by atoms with Crippen LogP contribution in [-0.4, -0.2) is 43.9 Å². The summed E-state index contributed by atoms with van der Waals surface area (Å²) in [7, 11) is -2.02. The van der Waals surface area contributed by atoms with Crippen molar-refractivity contribution in [2.45, 2.75) is 11.3 Å². The van der Waals surface area contributed by atoms with E-state index in [1.54, 1.807) is 36.4 Å². The van der Waals surface area contributed by atoms with E-state index >= 15 is 0 Å². The highest BCUT2D eigenvalue weighted by Gasteiger charge is 2.16. The summed E-state index contributed by atoms with van der Waals surface area (Å²) in [6.45, 7) is 0.178. The van der Waals surface area contributed by atoms with E-state index in [0.29, 0.717) is 5.02 Å². The lowest BCUT2D eigenvalue weighted by Gasteiger charge is -2.12. The van der Waals surface area contributed by atoms with E-state index in [4.69, 9.17) is 16.7 Å². The fourth-order valence-electron chi connectivity index (χ4n) is 2.09. The van der Waals surface area contributed by atoms with Crippen LogP contribution in [0.5, 0.6) is 0 Å². The monoisotopic (exact) mass is 341 g/mol. The zero-order chi connectivity index (χ0) is 16.3. The molecule has 0 aliphatic rings. The minimum absolute atomic E-state index is 0.0935.